The van der Waals surface area contributed by atoms with Gasteiger partial charge in [-0.15, -0.1) is 0 Å². The number of aryl methyl sites for hydroxylation is 1. The molecule has 0 radical (unpaired) electrons. The Hall–Kier alpha value is -2.44. The first-order valence-corrected chi connectivity index (χ1v) is 7.61. The van der Waals surface area contributed by atoms with E-state index in [2.05, 4.69) is 25.8 Å². The van der Waals surface area contributed by atoms with Gasteiger partial charge >= 0.3 is 0 Å². The van der Waals surface area contributed by atoms with Crippen molar-refractivity contribution >= 4 is 5.96 Å². The molecule has 0 spiro atoms. The molecular formula is C16H20FN5O. The quantitative estimate of drug-likeness (QED) is 0.651. The average molecular weight is 317 g/mol. The van der Waals surface area contributed by atoms with Crippen molar-refractivity contribution in [2.45, 2.75) is 31.7 Å². The largest absolute Gasteiger partial charge is 0.356 e. The topological polar surface area (TPSA) is 75.3 Å². The third-order valence-corrected chi connectivity index (χ3v) is 4.09. The van der Waals surface area contributed by atoms with Crippen molar-refractivity contribution in [3.05, 3.63) is 47.4 Å². The number of rotatable bonds is 5. The average Bonchev–Trinajstić information content (AvgIpc) is 3.23. The lowest BCUT2D eigenvalue weighted by atomic mass is 9.96. The first kappa shape index (κ1) is 15.5. The number of aromatic nitrogens is 2. The summed E-state index contributed by atoms with van der Waals surface area (Å²) in [6.07, 6.45) is 2.09. The monoisotopic (exact) mass is 317 g/mol. The van der Waals surface area contributed by atoms with Crippen LogP contribution in [0.25, 0.3) is 0 Å². The number of halogens is 1. The number of guanidine groups is 1. The SMILES string of the molecule is CN=C(NCc1nc(C)no1)NCC1(c2cccc(F)c2)CC1. The highest BCUT2D eigenvalue weighted by atomic mass is 19.1. The van der Waals surface area contributed by atoms with Crippen LogP contribution in [0, 0.1) is 12.7 Å². The lowest BCUT2D eigenvalue weighted by Crippen LogP contribution is -2.41. The summed E-state index contributed by atoms with van der Waals surface area (Å²) in [5, 5.41) is 10.2. The first-order chi connectivity index (χ1) is 11.1. The Morgan fingerprint density at radius 2 is 2.22 bits per heavy atom. The predicted molar refractivity (Wildman–Crippen MR) is 84.5 cm³/mol. The molecule has 2 aromatic rings. The summed E-state index contributed by atoms with van der Waals surface area (Å²) in [7, 11) is 1.70. The molecule has 0 unspecified atom stereocenters. The van der Waals surface area contributed by atoms with Crippen LogP contribution in [0.15, 0.2) is 33.8 Å². The minimum atomic E-state index is -0.192. The fourth-order valence-corrected chi connectivity index (χ4v) is 2.58. The van der Waals surface area contributed by atoms with Crippen molar-refractivity contribution < 1.29 is 8.91 Å². The number of hydrogen-bond acceptors (Lipinski definition) is 4. The first-order valence-electron chi connectivity index (χ1n) is 7.61. The Kier molecular flexibility index (Phi) is 4.27. The fraction of sp³-hybridized carbons (Fsp3) is 0.438. The van der Waals surface area contributed by atoms with Gasteiger partial charge in [0.2, 0.25) is 5.89 Å². The van der Waals surface area contributed by atoms with E-state index in [0.29, 0.717) is 30.8 Å². The molecule has 0 amide bonds. The second-order valence-electron chi connectivity index (χ2n) is 5.81. The molecule has 6 nitrogen and oxygen atoms in total. The van der Waals surface area contributed by atoms with Gasteiger partial charge in [0.25, 0.3) is 0 Å². The van der Waals surface area contributed by atoms with Gasteiger partial charge in [-0.25, -0.2) is 4.39 Å². The number of benzene rings is 1. The van der Waals surface area contributed by atoms with Gasteiger partial charge in [0.1, 0.15) is 5.82 Å². The van der Waals surface area contributed by atoms with Crippen molar-refractivity contribution in [1.29, 1.82) is 0 Å². The Balaban J connectivity index is 1.56. The van der Waals surface area contributed by atoms with E-state index in [4.69, 9.17) is 4.52 Å². The second-order valence-corrected chi connectivity index (χ2v) is 5.81. The minimum absolute atomic E-state index is 0.000789. The lowest BCUT2D eigenvalue weighted by molar-refractivity contribution is 0.371. The summed E-state index contributed by atoms with van der Waals surface area (Å²) in [6.45, 7) is 2.89. The minimum Gasteiger partial charge on any atom is -0.356 e. The molecule has 0 aliphatic heterocycles. The Morgan fingerprint density at radius 3 is 2.83 bits per heavy atom. The van der Waals surface area contributed by atoms with Crippen LogP contribution in [-0.2, 0) is 12.0 Å². The summed E-state index contributed by atoms with van der Waals surface area (Å²) >= 11 is 0. The molecule has 0 bridgehead atoms. The molecule has 0 atom stereocenters. The molecule has 1 fully saturated rings. The number of aliphatic imine (C=N–C) groups is 1. The predicted octanol–water partition coefficient (Wildman–Crippen LogP) is 1.91. The van der Waals surface area contributed by atoms with Crippen LogP contribution in [0.4, 0.5) is 4.39 Å². The molecule has 1 aromatic heterocycles. The highest BCUT2D eigenvalue weighted by Crippen LogP contribution is 2.47. The zero-order valence-corrected chi connectivity index (χ0v) is 13.3. The number of nitrogens with zero attached hydrogens (tertiary/aromatic N) is 3. The highest BCUT2D eigenvalue weighted by molar-refractivity contribution is 5.79. The van der Waals surface area contributed by atoms with Gasteiger partial charge in [-0.1, -0.05) is 17.3 Å². The molecule has 23 heavy (non-hydrogen) atoms. The molecule has 3 rings (SSSR count). The Morgan fingerprint density at radius 1 is 1.39 bits per heavy atom. The van der Waals surface area contributed by atoms with Crippen LogP contribution in [0.1, 0.15) is 30.1 Å². The molecule has 1 aliphatic rings. The lowest BCUT2D eigenvalue weighted by Gasteiger charge is -2.18. The van der Waals surface area contributed by atoms with Crippen molar-refractivity contribution in [2.24, 2.45) is 4.99 Å². The molecule has 122 valence electrons. The number of hydrogen-bond donors (Lipinski definition) is 2. The molecule has 0 saturated heterocycles. The molecule has 7 heteroatoms. The Labute approximate surface area is 134 Å². The smallest absolute Gasteiger partial charge is 0.246 e. The summed E-state index contributed by atoms with van der Waals surface area (Å²) in [4.78, 5) is 8.31. The van der Waals surface area contributed by atoms with E-state index < -0.39 is 0 Å². The van der Waals surface area contributed by atoms with Crippen LogP contribution in [0.2, 0.25) is 0 Å². The molecular weight excluding hydrogens is 297 g/mol. The van der Waals surface area contributed by atoms with Gasteiger partial charge < -0.3 is 15.2 Å². The van der Waals surface area contributed by atoms with Crippen LogP contribution in [-0.4, -0.2) is 29.7 Å². The van der Waals surface area contributed by atoms with E-state index in [9.17, 15) is 4.39 Å². The van der Waals surface area contributed by atoms with Crippen molar-refractivity contribution in [1.82, 2.24) is 20.8 Å². The third kappa shape index (κ3) is 3.67. The molecule has 1 heterocycles. The summed E-state index contributed by atoms with van der Waals surface area (Å²) < 4.78 is 18.5. The van der Waals surface area contributed by atoms with Crippen LogP contribution in [0.3, 0.4) is 0 Å². The van der Waals surface area contributed by atoms with E-state index in [1.165, 1.54) is 6.07 Å². The van der Waals surface area contributed by atoms with E-state index >= 15 is 0 Å². The van der Waals surface area contributed by atoms with Crippen molar-refractivity contribution in [3.63, 3.8) is 0 Å². The third-order valence-electron chi connectivity index (χ3n) is 4.09. The normalized spacial score (nSPS) is 16.2. The summed E-state index contributed by atoms with van der Waals surface area (Å²) in [5.41, 5.74) is 1.04. The van der Waals surface area contributed by atoms with E-state index in [0.717, 1.165) is 18.4 Å². The van der Waals surface area contributed by atoms with Crippen LogP contribution < -0.4 is 10.6 Å². The second kappa shape index (κ2) is 6.36. The van der Waals surface area contributed by atoms with E-state index in [-0.39, 0.29) is 11.2 Å². The number of nitrogens with one attached hydrogen (secondary N) is 2. The van der Waals surface area contributed by atoms with Gasteiger partial charge in [0.15, 0.2) is 11.8 Å². The maximum absolute atomic E-state index is 13.4. The van der Waals surface area contributed by atoms with Gasteiger partial charge in [0, 0.05) is 19.0 Å². The summed E-state index contributed by atoms with van der Waals surface area (Å²) in [6, 6.07) is 6.83. The van der Waals surface area contributed by atoms with Crippen molar-refractivity contribution in [2.75, 3.05) is 13.6 Å². The van der Waals surface area contributed by atoms with Gasteiger partial charge in [-0.2, -0.15) is 4.98 Å². The van der Waals surface area contributed by atoms with Crippen LogP contribution >= 0.6 is 0 Å². The zero-order chi connectivity index (χ0) is 16.3. The van der Waals surface area contributed by atoms with Crippen LogP contribution in [0.5, 0.6) is 0 Å². The molecule has 2 N–H and O–H groups in total. The maximum Gasteiger partial charge on any atom is 0.246 e. The fourth-order valence-electron chi connectivity index (χ4n) is 2.58. The van der Waals surface area contributed by atoms with Gasteiger partial charge in [0.05, 0.1) is 6.54 Å². The summed E-state index contributed by atoms with van der Waals surface area (Å²) in [5.74, 6) is 1.58. The van der Waals surface area contributed by atoms with E-state index in [1.807, 2.05) is 6.07 Å². The molecule has 1 saturated carbocycles. The molecule has 1 aliphatic carbocycles. The van der Waals surface area contributed by atoms with E-state index in [1.54, 1.807) is 26.1 Å². The van der Waals surface area contributed by atoms with Gasteiger partial charge in [-0.05, 0) is 37.5 Å². The van der Waals surface area contributed by atoms with Gasteiger partial charge in [-0.3, -0.25) is 4.99 Å². The highest BCUT2D eigenvalue weighted by Gasteiger charge is 2.44. The maximum atomic E-state index is 13.4. The zero-order valence-electron chi connectivity index (χ0n) is 13.3. The molecule has 1 aromatic carbocycles. The standard InChI is InChI=1S/C16H20FN5O/c1-11-21-14(23-22-11)9-19-15(18-2)20-10-16(6-7-16)12-4-3-5-13(17)8-12/h3-5,8H,6-7,9-10H2,1-2H3,(H2,18,19,20). The Bertz CT molecular complexity index is 708. The van der Waals surface area contributed by atoms with Crippen molar-refractivity contribution in [3.8, 4) is 0 Å².